The zero-order valence-corrected chi connectivity index (χ0v) is 16.2. The van der Waals surface area contributed by atoms with Gasteiger partial charge in [0, 0.05) is 25.4 Å². The number of likely N-dealkylation sites (tertiary alicyclic amines) is 1. The van der Waals surface area contributed by atoms with Gasteiger partial charge in [0.15, 0.2) is 9.84 Å². The van der Waals surface area contributed by atoms with Crippen molar-refractivity contribution in [2.45, 2.75) is 56.6 Å². The van der Waals surface area contributed by atoms with E-state index in [4.69, 9.17) is 4.74 Å². The minimum Gasteiger partial charge on any atom is -0.444 e. The predicted molar refractivity (Wildman–Crippen MR) is 98.6 cm³/mol. The molecule has 0 spiro atoms. The molecular weight excluding hydrogens is 340 g/mol. The van der Waals surface area contributed by atoms with Gasteiger partial charge in [-0.25, -0.2) is 13.2 Å². The third-order valence-corrected chi connectivity index (χ3v) is 5.18. The van der Waals surface area contributed by atoms with Crippen LogP contribution in [-0.2, 0) is 14.6 Å². The van der Waals surface area contributed by atoms with Gasteiger partial charge in [-0.05, 0) is 52.2 Å². The Morgan fingerprint density at radius 1 is 1.20 bits per heavy atom. The molecular formula is C18H28N2O4S. The summed E-state index contributed by atoms with van der Waals surface area (Å²) in [5.74, 6) is 0. The minimum absolute atomic E-state index is 0.121. The Labute approximate surface area is 150 Å². The number of anilines is 1. The van der Waals surface area contributed by atoms with Crippen molar-refractivity contribution < 1.29 is 17.9 Å². The van der Waals surface area contributed by atoms with Crippen molar-refractivity contribution in [1.82, 2.24) is 4.90 Å². The van der Waals surface area contributed by atoms with Crippen LogP contribution in [0.2, 0.25) is 0 Å². The molecule has 0 saturated carbocycles. The number of rotatable bonds is 3. The molecule has 1 atom stereocenters. The molecule has 1 fully saturated rings. The molecule has 0 aliphatic carbocycles. The van der Waals surface area contributed by atoms with Crippen LogP contribution >= 0.6 is 0 Å². The topological polar surface area (TPSA) is 75.7 Å². The van der Waals surface area contributed by atoms with Crippen molar-refractivity contribution in [2.24, 2.45) is 0 Å². The first-order chi connectivity index (χ1) is 11.6. The van der Waals surface area contributed by atoms with Gasteiger partial charge in [0.25, 0.3) is 0 Å². The maximum Gasteiger partial charge on any atom is 0.410 e. The SMILES string of the molecule is CC(C)(C)OC(=O)N1CCCC(Nc2ccccc2S(C)(=O)=O)CC1. The molecule has 1 unspecified atom stereocenters. The Morgan fingerprint density at radius 2 is 1.88 bits per heavy atom. The number of benzene rings is 1. The van der Waals surface area contributed by atoms with E-state index < -0.39 is 15.4 Å². The Bertz CT molecular complexity index is 710. The molecule has 1 aliphatic heterocycles. The van der Waals surface area contributed by atoms with Gasteiger partial charge in [-0.2, -0.15) is 0 Å². The zero-order chi connectivity index (χ0) is 18.7. The standard InChI is InChI=1S/C18H28N2O4S/c1-18(2,3)24-17(21)20-12-7-8-14(11-13-20)19-15-9-5-6-10-16(15)25(4,22)23/h5-6,9-10,14,19H,7-8,11-13H2,1-4H3. The molecule has 140 valence electrons. The highest BCUT2D eigenvalue weighted by Crippen LogP contribution is 2.24. The molecule has 1 heterocycles. The molecule has 6 nitrogen and oxygen atoms in total. The Kier molecular flexibility index (Phi) is 5.98. The van der Waals surface area contributed by atoms with Gasteiger partial charge >= 0.3 is 6.09 Å². The lowest BCUT2D eigenvalue weighted by molar-refractivity contribution is 0.0256. The van der Waals surface area contributed by atoms with E-state index in [9.17, 15) is 13.2 Å². The highest BCUT2D eigenvalue weighted by molar-refractivity contribution is 7.90. The molecule has 7 heteroatoms. The van der Waals surface area contributed by atoms with Crippen molar-refractivity contribution in [3.63, 3.8) is 0 Å². The highest BCUT2D eigenvalue weighted by Gasteiger charge is 2.25. The van der Waals surface area contributed by atoms with E-state index >= 15 is 0 Å². The molecule has 2 rings (SSSR count). The quantitative estimate of drug-likeness (QED) is 0.886. The fourth-order valence-electron chi connectivity index (χ4n) is 2.88. The van der Waals surface area contributed by atoms with E-state index in [1.54, 1.807) is 23.1 Å². The molecule has 1 aromatic rings. The summed E-state index contributed by atoms with van der Waals surface area (Å²) >= 11 is 0. The van der Waals surface area contributed by atoms with Crippen molar-refractivity contribution in [3.05, 3.63) is 24.3 Å². The van der Waals surface area contributed by atoms with Gasteiger partial charge in [0.2, 0.25) is 0 Å². The minimum atomic E-state index is -3.28. The second-order valence-corrected chi connectivity index (χ2v) is 9.49. The molecule has 0 bridgehead atoms. The van der Waals surface area contributed by atoms with Crippen LogP contribution in [0.1, 0.15) is 40.0 Å². The van der Waals surface area contributed by atoms with E-state index in [2.05, 4.69) is 5.32 Å². The summed E-state index contributed by atoms with van der Waals surface area (Å²) < 4.78 is 29.3. The summed E-state index contributed by atoms with van der Waals surface area (Å²) in [5.41, 5.74) is 0.121. The van der Waals surface area contributed by atoms with Crippen LogP contribution in [0.3, 0.4) is 0 Å². The monoisotopic (exact) mass is 368 g/mol. The first kappa shape index (κ1) is 19.6. The summed E-state index contributed by atoms with van der Waals surface area (Å²) in [7, 11) is -3.28. The maximum atomic E-state index is 12.2. The van der Waals surface area contributed by atoms with Crippen molar-refractivity contribution in [1.29, 1.82) is 0 Å². The highest BCUT2D eigenvalue weighted by atomic mass is 32.2. The smallest absolute Gasteiger partial charge is 0.410 e. The molecule has 1 saturated heterocycles. The summed E-state index contributed by atoms with van der Waals surface area (Å²) in [6.45, 7) is 6.81. The Hall–Kier alpha value is -1.76. The number of ether oxygens (including phenoxy) is 1. The van der Waals surface area contributed by atoms with Gasteiger partial charge < -0.3 is 15.0 Å². The van der Waals surface area contributed by atoms with E-state index in [1.807, 2.05) is 26.8 Å². The van der Waals surface area contributed by atoms with Crippen molar-refractivity contribution in [2.75, 3.05) is 24.7 Å². The second-order valence-electron chi connectivity index (χ2n) is 7.51. The number of para-hydroxylation sites is 1. The number of hydrogen-bond donors (Lipinski definition) is 1. The lowest BCUT2D eigenvalue weighted by Gasteiger charge is -2.26. The maximum absolute atomic E-state index is 12.2. The van der Waals surface area contributed by atoms with Crippen LogP contribution in [0.5, 0.6) is 0 Å². The van der Waals surface area contributed by atoms with Crippen LogP contribution in [0.4, 0.5) is 10.5 Å². The molecule has 25 heavy (non-hydrogen) atoms. The fraction of sp³-hybridized carbons (Fsp3) is 0.611. The average Bonchev–Trinajstić information content (AvgIpc) is 2.71. The van der Waals surface area contributed by atoms with Crippen LogP contribution in [0.25, 0.3) is 0 Å². The molecule has 1 aromatic carbocycles. The van der Waals surface area contributed by atoms with Crippen LogP contribution in [-0.4, -0.2) is 50.4 Å². The number of amides is 1. The third kappa shape index (κ3) is 5.92. The van der Waals surface area contributed by atoms with Crippen LogP contribution in [0, 0.1) is 0 Å². The molecule has 1 N–H and O–H groups in total. The van der Waals surface area contributed by atoms with Crippen molar-refractivity contribution >= 4 is 21.6 Å². The molecule has 1 aliphatic rings. The largest absolute Gasteiger partial charge is 0.444 e. The number of carbonyl (C=O) groups excluding carboxylic acids is 1. The fourth-order valence-corrected chi connectivity index (χ4v) is 3.73. The van der Waals surface area contributed by atoms with Gasteiger partial charge in [-0.15, -0.1) is 0 Å². The second kappa shape index (κ2) is 7.64. The predicted octanol–water partition coefficient (Wildman–Crippen LogP) is 3.29. The number of hydrogen-bond acceptors (Lipinski definition) is 5. The molecule has 0 radical (unpaired) electrons. The summed E-state index contributed by atoms with van der Waals surface area (Å²) in [5, 5.41) is 3.35. The molecule has 0 aromatic heterocycles. The van der Waals surface area contributed by atoms with Gasteiger partial charge in [0.1, 0.15) is 5.60 Å². The average molecular weight is 368 g/mol. The zero-order valence-electron chi connectivity index (χ0n) is 15.4. The lowest BCUT2D eigenvalue weighted by atomic mass is 10.1. The molecule has 1 amide bonds. The number of carbonyl (C=O) groups is 1. The normalized spacial score (nSPS) is 19.2. The lowest BCUT2D eigenvalue weighted by Crippen LogP contribution is -2.37. The van der Waals surface area contributed by atoms with E-state index in [-0.39, 0.29) is 12.1 Å². The number of sulfone groups is 1. The Morgan fingerprint density at radius 3 is 2.52 bits per heavy atom. The van der Waals surface area contributed by atoms with E-state index in [0.717, 1.165) is 19.3 Å². The summed E-state index contributed by atoms with van der Waals surface area (Å²) in [6, 6.07) is 7.06. The number of nitrogens with zero attached hydrogens (tertiary/aromatic N) is 1. The van der Waals surface area contributed by atoms with Crippen LogP contribution < -0.4 is 5.32 Å². The number of nitrogens with one attached hydrogen (secondary N) is 1. The Balaban J connectivity index is 2.02. The van der Waals surface area contributed by atoms with Gasteiger partial charge in [-0.1, -0.05) is 12.1 Å². The third-order valence-electron chi connectivity index (χ3n) is 4.03. The van der Waals surface area contributed by atoms with Crippen LogP contribution in [0.15, 0.2) is 29.2 Å². The summed E-state index contributed by atoms with van der Waals surface area (Å²) in [4.78, 5) is 14.3. The van der Waals surface area contributed by atoms with E-state index in [0.29, 0.717) is 23.7 Å². The summed E-state index contributed by atoms with van der Waals surface area (Å²) in [6.07, 6.45) is 3.39. The van der Waals surface area contributed by atoms with Crippen molar-refractivity contribution in [3.8, 4) is 0 Å². The van der Waals surface area contributed by atoms with Gasteiger partial charge in [0.05, 0.1) is 10.6 Å². The van der Waals surface area contributed by atoms with Gasteiger partial charge in [-0.3, -0.25) is 0 Å². The van der Waals surface area contributed by atoms with E-state index in [1.165, 1.54) is 6.26 Å². The first-order valence-corrected chi connectivity index (χ1v) is 10.5. The first-order valence-electron chi connectivity index (χ1n) is 8.60.